The molecule has 1 aliphatic heterocycles. The Bertz CT molecular complexity index is 648. The lowest BCUT2D eigenvalue weighted by atomic mass is 10.1. The molecule has 0 bridgehead atoms. The molecule has 0 aliphatic carbocycles. The van der Waals surface area contributed by atoms with E-state index in [0.717, 1.165) is 37.3 Å². The molecule has 0 saturated carbocycles. The number of fused-ring (bicyclic) bond motifs is 1. The number of hydrogen-bond donors (Lipinski definition) is 2. The first-order valence-corrected chi connectivity index (χ1v) is 10.1. The molecule has 0 aromatic heterocycles. The summed E-state index contributed by atoms with van der Waals surface area (Å²) < 4.78 is 5.88. The summed E-state index contributed by atoms with van der Waals surface area (Å²) in [7, 11) is 0. The fraction of sp³-hybridized carbons (Fsp3) is 0.429. The highest BCUT2D eigenvalue weighted by Gasteiger charge is 2.15. The van der Waals surface area contributed by atoms with Gasteiger partial charge in [-0.25, -0.2) is 0 Å². The summed E-state index contributed by atoms with van der Waals surface area (Å²) in [5.41, 5.74) is 2.74. The van der Waals surface area contributed by atoms with Crippen LogP contribution in [0.15, 0.2) is 53.4 Å². The van der Waals surface area contributed by atoms with Crippen LogP contribution >= 0.6 is 11.8 Å². The largest absolute Gasteiger partial charge is 0.490 e. The summed E-state index contributed by atoms with van der Waals surface area (Å²) in [5.74, 6) is 2.07. The fourth-order valence-electron chi connectivity index (χ4n) is 3.05. The minimum Gasteiger partial charge on any atom is -0.490 e. The van der Waals surface area contributed by atoms with Crippen LogP contribution in [-0.2, 0) is 12.8 Å². The van der Waals surface area contributed by atoms with Gasteiger partial charge in [0.05, 0.1) is 4.90 Å². The minimum atomic E-state index is -0.485. The van der Waals surface area contributed by atoms with Gasteiger partial charge in [0.15, 0.2) is 0 Å². The van der Waals surface area contributed by atoms with E-state index in [1.54, 1.807) is 0 Å². The van der Waals surface area contributed by atoms with Gasteiger partial charge in [-0.2, -0.15) is 0 Å². The second-order valence-electron chi connectivity index (χ2n) is 6.45. The topological polar surface area (TPSA) is 41.5 Å². The van der Waals surface area contributed by atoms with Crippen molar-refractivity contribution in [2.45, 2.75) is 36.7 Å². The van der Waals surface area contributed by atoms with Crippen molar-refractivity contribution in [2.75, 3.05) is 25.4 Å². The smallest absolute Gasteiger partial charge is 0.133 e. The molecule has 0 amide bonds. The Balaban J connectivity index is 1.34. The van der Waals surface area contributed by atoms with E-state index < -0.39 is 6.10 Å². The Hall–Kier alpha value is -1.49. The molecule has 1 atom stereocenters. The number of aliphatic hydroxyl groups excluding tert-OH is 1. The number of nitrogens with one attached hydrogen (secondary N) is 1. The molecule has 1 heterocycles. The second kappa shape index (κ2) is 9.85. The van der Waals surface area contributed by atoms with Crippen LogP contribution in [0, 0.1) is 0 Å². The van der Waals surface area contributed by atoms with Gasteiger partial charge in [0.1, 0.15) is 18.5 Å². The van der Waals surface area contributed by atoms with Gasteiger partial charge in [-0.05, 0) is 55.2 Å². The van der Waals surface area contributed by atoms with Gasteiger partial charge in [-0.15, -0.1) is 11.8 Å². The lowest BCUT2D eigenvalue weighted by Gasteiger charge is -2.20. The molecule has 1 aliphatic rings. The van der Waals surface area contributed by atoms with Crippen molar-refractivity contribution in [1.29, 1.82) is 0 Å². The van der Waals surface area contributed by atoms with Crippen molar-refractivity contribution in [3.63, 3.8) is 0 Å². The van der Waals surface area contributed by atoms with Crippen LogP contribution in [0.2, 0.25) is 0 Å². The van der Waals surface area contributed by atoms with Crippen molar-refractivity contribution in [3.8, 4) is 5.75 Å². The maximum absolute atomic E-state index is 10.1. The van der Waals surface area contributed by atoms with E-state index in [0.29, 0.717) is 13.2 Å². The van der Waals surface area contributed by atoms with Crippen molar-refractivity contribution in [1.82, 2.24) is 5.32 Å². The van der Waals surface area contributed by atoms with Gasteiger partial charge < -0.3 is 15.2 Å². The Labute approximate surface area is 154 Å². The minimum absolute atomic E-state index is 0.336. The standard InChI is InChI=1S/C21H27NO2S/c23-19(15-22-13-5-9-17-7-2-1-3-8-17)16-24-20-12-4-10-18-11-6-14-25-21(18)20/h1-4,7-8,10,12,19,22-23H,5-6,9,11,13-16H2. The van der Waals surface area contributed by atoms with Crippen LogP contribution in [0.1, 0.15) is 24.0 Å². The van der Waals surface area contributed by atoms with E-state index in [9.17, 15) is 5.11 Å². The number of benzene rings is 2. The van der Waals surface area contributed by atoms with E-state index in [4.69, 9.17) is 4.74 Å². The van der Waals surface area contributed by atoms with Crippen molar-refractivity contribution in [3.05, 3.63) is 59.7 Å². The van der Waals surface area contributed by atoms with E-state index in [2.05, 4.69) is 35.6 Å². The first-order valence-electron chi connectivity index (χ1n) is 9.13. The summed E-state index contributed by atoms with van der Waals surface area (Å²) in [6.45, 7) is 1.81. The van der Waals surface area contributed by atoms with Crippen LogP contribution in [0.4, 0.5) is 0 Å². The number of thioether (sulfide) groups is 1. The van der Waals surface area contributed by atoms with Gasteiger partial charge in [-0.1, -0.05) is 42.5 Å². The fourth-order valence-corrected chi connectivity index (χ4v) is 4.17. The zero-order chi connectivity index (χ0) is 17.3. The summed E-state index contributed by atoms with van der Waals surface area (Å²) in [5, 5.41) is 13.5. The average molecular weight is 358 g/mol. The molecule has 2 N–H and O–H groups in total. The maximum Gasteiger partial charge on any atom is 0.133 e. The maximum atomic E-state index is 10.1. The van der Waals surface area contributed by atoms with E-state index in [1.165, 1.54) is 22.4 Å². The predicted octanol–water partition coefficient (Wildman–Crippen LogP) is 3.69. The molecule has 0 saturated heterocycles. The number of hydrogen-bond acceptors (Lipinski definition) is 4. The third-order valence-electron chi connectivity index (χ3n) is 4.37. The molecular formula is C21H27NO2S. The first kappa shape index (κ1) is 18.3. The van der Waals surface area contributed by atoms with Crippen LogP contribution in [-0.4, -0.2) is 36.7 Å². The molecule has 0 spiro atoms. The highest BCUT2D eigenvalue weighted by molar-refractivity contribution is 7.99. The average Bonchev–Trinajstić information content (AvgIpc) is 2.67. The lowest BCUT2D eigenvalue weighted by Crippen LogP contribution is -2.32. The molecule has 3 rings (SSSR count). The normalized spacial score (nSPS) is 14.8. The number of aryl methyl sites for hydroxylation is 2. The summed E-state index contributed by atoms with van der Waals surface area (Å²) in [4.78, 5) is 1.26. The SMILES string of the molecule is OC(CNCCCc1ccccc1)COc1cccc2c1SCCC2. The van der Waals surface area contributed by atoms with Crippen molar-refractivity contribution < 1.29 is 9.84 Å². The monoisotopic (exact) mass is 357 g/mol. The molecule has 134 valence electrons. The highest BCUT2D eigenvalue weighted by atomic mass is 32.2. The molecule has 1 unspecified atom stereocenters. The molecule has 25 heavy (non-hydrogen) atoms. The molecule has 2 aromatic carbocycles. The van der Waals surface area contributed by atoms with Gasteiger partial charge >= 0.3 is 0 Å². The van der Waals surface area contributed by atoms with Gasteiger partial charge in [0.2, 0.25) is 0 Å². The summed E-state index contributed by atoms with van der Waals surface area (Å²) in [6.07, 6.45) is 4.01. The quantitative estimate of drug-likeness (QED) is 0.672. The molecule has 3 nitrogen and oxygen atoms in total. The van der Waals surface area contributed by atoms with Crippen LogP contribution in [0.25, 0.3) is 0 Å². The number of aliphatic hydroxyl groups is 1. The lowest BCUT2D eigenvalue weighted by molar-refractivity contribution is 0.105. The van der Waals surface area contributed by atoms with E-state index in [1.807, 2.05) is 30.0 Å². The van der Waals surface area contributed by atoms with Crippen LogP contribution in [0.5, 0.6) is 5.75 Å². The van der Waals surface area contributed by atoms with Gasteiger partial charge in [-0.3, -0.25) is 0 Å². The van der Waals surface area contributed by atoms with E-state index >= 15 is 0 Å². The third-order valence-corrected chi connectivity index (χ3v) is 5.62. The third kappa shape index (κ3) is 5.77. The molecule has 0 fully saturated rings. The molecule has 4 heteroatoms. The molecule has 0 radical (unpaired) electrons. The number of rotatable bonds is 9. The molecule has 2 aromatic rings. The van der Waals surface area contributed by atoms with Crippen molar-refractivity contribution >= 4 is 11.8 Å². The zero-order valence-corrected chi connectivity index (χ0v) is 15.4. The first-order chi connectivity index (χ1) is 12.3. The zero-order valence-electron chi connectivity index (χ0n) is 14.6. The Kier molecular flexibility index (Phi) is 7.22. The van der Waals surface area contributed by atoms with Crippen LogP contribution < -0.4 is 10.1 Å². The van der Waals surface area contributed by atoms with Gasteiger partial charge in [0, 0.05) is 6.54 Å². The van der Waals surface area contributed by atoms with Crippen molar-refractivity contribution in [2.24, 2.45) is 0 Å². The summed E-state index contributed by atoms with van der Waals surface area (Å²) in [6, 6.07) is 16.7. The Morgan fingerprint density at radius 2 is 2.00 bits per heavy atom. The molecular weight excluding hydrogens is 330 g/mol. The van der Waals surface area contributed by atoms with Crippen LogP contribution in [0.3, 0.4) is 0 Å². The highest BCUT2D eigenvalue weighted by Crippen LogP contribution is 2.37. The second-order valence-corrected chi connectivity index (χ2v) is 7.56. The van der Waals surface area contributed by atoms with E-state index in [-0.39, 0.29) is 0 Å². The Morgan fingerprint density at radius 3 is 2.88 bits per heavy atom. The predicted molar refractivity (Wildman–Crippen MR) is 105 cm³/mol. The van der Waals surface area contributed by atoms with Gasteiger partial charge in [0.25, 0.3) is 0 Å². The number of ether oxygens (including phenoxy) is 1. The summed E-state index contributed by atoms with van der Waals surface area (Å²) >= 11 is 1.87. The Morgan fingerprint density at radius 1 is 1.12 bits per heavy atom.